The van der Waals surface area contributed by atoms with Gasteiger partial charge in [0.05, 0.1) is 18.2 Å². The lowest BCUT2D eigenvalue weighted by Crippen LogP contribution is -2.44. The van der Waals surface area contributed by atoms with Crippen molar-refractivity contribution in [3.63, 3.8) is 0 Å². The van der Waals surface area contributed by atoms with Crippen molar-refractivity contribution in [2.45, 2.75) is 44.4 Å². The summed E-state index contributed by atoms with van der Waals surface area (Å²) >= 11 is 0. The predicted molar refractivity (Wildman–Crippen MR) is 52.7 cm³/mol. The van der Waals surface area contributed by atoms with E-state index in [0.29, 0.717) is 12.6 Å². The van der Waals surface area contributed by atoms with E-state index in [9.17, 15) is 4.79 Å². The Morgan fingerprint density at radius 1 is 1.64 bits per heavy atom. The van der Waals surface area contributed by atoms with Gasteiger partial charge in [0, 0.05) is 12.5 Å². The standard InChI is InChI=1S/C10H18N2O2/c1-6(5-11)10(13)12-8-4-7-2-3-9(8)14-7/h6-9H,2-5,11H2,1H3,(H,12,13)/t6?,7-,8-,9+/m1/s1. The molecule has 0 spiro atoms. The van der Waals surface area contributed by atoms with Crippen LogP contribution in [0.2, 0.25) is 0 Å². The lowest BCUT2D eigenvalue weighted by molar-refractivity contribution is -0.125. The van der Waals surface area contributed by atoms with Gasteiger partial charge in [-0.15, -0.1) is 0 Å². The van der Waals surface area contributed by atoms with Crippen LogP contribution in [0.5, 0.6) is 0 Å². The molecule has 14 heavy (non-hydrogen) atoms. The molecule has 0 radical (unpaired) electrons. The Hall–Kier alpha value is -0.610. The van der Waals surface area contributed by atoms with Gasteiger partial charge in [-0.1, -0.05) is 6.92 Å². The highest BCUT2D eigenvalue weighted by Crippen LogP contribution is 2.34. The van der Waals surface area contributed by atoms with Gasteiger partial charge in [-0.25, -0.2) is 0 Å². The molecule has 80 valence electrons. The van der Waals surface area contributed by atoms with Crippen molar-refractivity contribution in [2.75, 3.05) is 6.54 Å². The molecule has 3 N–H and O–H groups in total. The molecule has 4 nitrogen and oxygen atoms in total. The summed E-state index contributed by atoms with van der Waals surface area (Å²) in [5, 5.41) is 3.02. The van der Waals surface area contributed by atoms with Crippen LogP contribution in [0.4, 0.5) is 0 Å². The number of fused-ring (bicyclic) bond motifs is 2. The summed E-state index contributed by atoms with van der Waals surface area (Å²) in [6.07, 6.45) is 3.87. The normalized spacial score (nSPS) is 37.1. The fourth-order valence-electron chi connectivity index (χ4n) is 2.22. The average Bonchev–Trinajstić information content (AvgIpc) is 2.77. The third-order valence-corrected chi connectivity index (χ3v) is 3.23. The predicted octanol–water partition coefficient (Wildman–Crippen LogP) is 0.0173. The fourth-order valence-corrected chi connectivity index (χ4v) is 2.22. The van der Waals surface area contributed by atoms with Crippen molar-refractivity contribution in [3.05, 3.63) is 0 Å². The fraction of sp³-hybridized carbons (Fsp3) is 0.900. The maximum absolute atomic E-state index is 11.6. The van der Waals surface area contributed by atoms with E-state index in [2.05, 4.69) is 5.32 Å². The first-order valence-electron chi connectivity index (χ1n) is 5.36. The lowest BCUT2D eigenvalue weighted by Gasteiger charge is -2.21. The zero-order valence-electron chi connectivity index (χ0n) is 8.53. The quantitative estimate of drug-likeness (QED) is 0.672. The van der Waals surface area contributed by atoms with Gasteiger partial charge in [0.25, 0.3) is 0 Å². The average molecular weight is 198 g/mol. The van der Waals surface area contributed by atoms with Gasteiger partial charge in [-0.3, -0.25) is 4.79 Å². The molecule has 2 fully saturated rings. The van der Waals surface area contributed by atoms with E-state index in [-0.39, 0.29) is 24.0 Å². The zero-order valence-corrected chi connectivity index (χ0v) is 8.53. The number of carbonyl (C=O) groups excluding carboxylic acids is 1. The number of ether oxygens (including phenoxy) is 1. The van der Waals surface area contributed by atoms with Crippen LogP contribution in [0.15, 0.2) is 0 Å². The Balaban J connectivity index is 1.84. The maximum Gasteiger partial charge on any atom is 0.224 e. The van der Waals surface area contributed by atoms with Crippen molar-refractivity contribution >= 4 is 5.91 Å². The first-order valence-corrected chi connectivity index (χ1v) is 5.36. The molecule has 4 atom stereocenters. The van der Waals surface area contributed by atoms with E-state index in [1.165, 1.54) is 0 Å². The molecule has 2 saturated heterocycles. The number of hydrogen-bond donors (Lipinski definition) is 2. The van der Waals surface area contributed by atoms with Gasteiger partial charge in [-0.05, 0) is 19.3 Å². The van der Waals surface area contributed by atoms with Crippen LogP contribution in [0, 0.1) is 5.92 Å². The monoisotopic (exact) mass is 198 g/mol. The van der Waals surface area contributed by atoms with Crippen molar-refractivity contribution in [1.29, 1.82) is 0 Å². The highest BCUT2D eigenvalue weighted by Gasteiger charge is 2.41. The Kier molecular flexibility index (Phi) is 2.74. The molecule has 2 aliphatic rings. The number of hydrogen-bond acceptors (Lipinski definition) is 3. The van der Waals surface area contributed by atoms with Gasteiger partial charge in [-0.2, -0.15) is 0 Å². The minimum Gasteiger partial charge on any atom is -0.373 e. The SMILES string of the molecule is CC(CN)C(=O)N[C@@H]1C[C@H]2CC[C@@H]1O2. The number of carbonyl (C=O) groups is 1. The molecule has 0 aromatic rings. The van der Waals surface area contributed by atoms with Crippen LogP contribution in [-0.4, -0.2) is 30.7 Å². The lowest BCUT2D eigenvalue weighted by atomic mass is 9.95. The number of nitrogens with one attached hydrogen (secondary N) is 1. The molecule has 4 heteroatoms. The molecule has 2 bridgehead atoms. The van der Waals surface area contributed by atoms with E-state index in [1.54, 1.807) is 0 Å². The van der Waals surface area contributed by atoms with E-state index in [4.69, 9.17) is 10.5 Å². The second-order valence-corrected chi connectivity index (χ2v) is 4.36. The molecule has 1 unspecified atom stereocenters. The van der Waals surface area contributed by atoms with Crippen LogP contribution in [0.25, 0.3) is 0 Å². The first-order chi connectivity index (χ1) is 6.70. The Morgan fingerprint density at radius 3 is 2.93 bits per heavy atom. The highest BCUT2D eigenvalue weighted by atomic mass is 16.5. The molecule has 1 amide bonds. The van der Waals surface area contributed by atoms with Crippen LogP contribution in [-0.2, 0) is 9.53 Å². The molecule has 2 rings (SSSR count). The smallest absolute Gasteiger partial charge is 0.224 e. The Morgan fingerprint density at radius 2 is 2.43 bits per heavy atom. The van der Waals surface area contributed by atoms with Crippen molar-refractivity contribution in [3.8, 4) is 0 Å². The summed E-state index contributed by atoms with van der Waals surface area (Å²) in [6, 6.07) is 0.232. The molecular formula is C10H18N2O2. The van der Waals surface area contributed by atoms with Gasteiger partial charge < -0.3 is 15.8 Å². The number of amides is 1. The van der Waals surface area contributed by atoms with Gasteiger partial charge in [0.15, 0.2) is 0 Å². The molecule has 2 aliphatic heterocycles. The van der Waals surface area contributed by atoms with Gasteiger partial charge in [0.2, 0.25) is 5.91 Å². The van der Waals surface area contributed by atoms with Crippen LogP contribution in [0.1, 0.15) is 26.2 Å². The van der Waals surface area contributed by atoms with Gasteiger partial charge in [0.1, 0.15) is 0 Å². The summed E-state index contributed by atoms with van der Waals surface area (Å²) in [4.78, 5) is 11.6. The summed E-state index contributed by atoms with van der Waals surface area (Å²) in [5.74, 6) is -0.0252. The molecular weight excluding hydrogens is 180 g/mol. The second kappa shape index (κ2) is 3.87. The van der Waals surface area contributed by atoms with Crippen molar-refractivity contribution < 1.29 is 9.53 Å². The first kappa shape index (κ1) is 9.93. The minimum atomic E-state index is -0.0888. The summed E-state index contributed by atoms with van der Waals surface area (Å²) < 4.78 is 5.65. The largest absolute Gasteiger partial charge is 0.373 e. The van der Waals surface area contributed by atoms with Crippen molar-refractivity contribution in [2.24, 2.45) is 11.7 Å². The number of rotatable bonds is 3. The number of nitrogens with two attached hydrogens (primary N) is 1. The minimum absolute atomic E-state index is 0.0636. The molecule has 2 heterocycles. The van der Waals surface area contributed by atoms with Crippen LogP contribution >= 0.6 is 0 Å². The molecule has 0 aliphatic carbocycles. The second-order valence-electron chi connectivity index (χ2n) is 4.36. The van der Waals surface area contributed by atoms with Crippen molar-refractivity contribution in [1.82, 2.24) is 5.32 Å². The van der Waals surface area contributed by atoms with Crippen LogP contribution < -0.4 is 11.1 Å². The third kappa shape index (κ3) is 1.77. The van der Waals surface area contributed by atoms with E-state index < -0.39 is 0 Å². The van der Waals surface area contributed by atoms with E-state index in [1.807, 2.05) is 6.92 Å². The zero-order chi connectivity index (χ0) is 10.1. The summed E-state index contributed by atoms with van der Waals surface area (Å²) in [5.41, 5.74) is 5.43. The maximum atomic E-state index is 11.6. The van der Waals surface area contributed by atoms with Gasteiger partial charge >= 0.3 is 0 Å². The Labute approximate surface area is 84.2 Å². The summed E-state index contributed by atoms with van der Waals surface area (Å²) in [6.45, 7) is 2.26. The topological polar surface area (TPSA) is 64.4 Å². The van der Waals surface area contributed by atoms with E-state index in [0.717, 1.165) is 19.3 Å². The molecule has 0 aromatic heterocycles. The molecule has 0 saturated carbocycles. The highest BCUT2D eigenvalue weighted by molar-refractivity contribution is 5.78. The molecule has 0 aromatic carbocycles. The summed E-state index contributed by atoms with van der Waals surface area (Å²) in [7, 11) is 0. The van der Waals surface area contributed by atoms with Crippen LogP contribution in [0.3, 0.4) is 0 Å². The third-order valence-electron chi connectivity index (χ3n) is 3.23. The van der Waals surface area contributed by atoms with E-state index >= 15 is 0 Å². The Bertz CT molecular complexity index is 232.